The third-order valence-electron chi connectivity index (χ3n) is 2.67. The number of carbonyl (C=O) groups is 1. The van der Waals surface area contributed by atoms with Gasteiger partial charge in [-0.15, -0.1) is 0 Å². The third kappa shape index (κ3) is 3.82. The highest BCUT2D eigenvalue weighted by atomic mass is 16.5. The minimum Gasteiger partial charge on any atom is -0.483 e. The average Bonchev–Trinajstić information content (AvgIpc) is 2.44. The predicted molar refractivity (Wildman–Crippen MR) is 80.9 cm³/mol. The second-order valence-electron chi connectivity index (χ2n) is 4.82. The lowest BCUT2D eigenvalue weighted by atomic mass is 10.1. The molecule has 0 saturated carbocycles. The number of ether oxygens (including phenoxy) is 1. The highest BCUT2D eigenvalue weighted by molar-refractivity contribution is 5.88. The second kappa shape index (κ2) is 6.70. The van der Waals surface area contributed by atoms with Gasteiger partial charge < -0.3 is 4.74 Å². The van der Waals surface area contributed by atoms with Crippen molar-refractivity contribution >= 4 is 22.9 Å². The minimum atomic E-state index is -0.269. The van der Waals surface area contributed by atoms with E-state index >= 15 is 0 Å². The number of benzene rings is 2. The fourth-order valence-corrected chi connectivity index (χ4v) is 1.76. The van der Waals surface area contributed by atoms with Crippen molar-refractivity contribution in [2.45, 2.75) is 13.8 Å². The van der Waals surface area contributed by atoms with E-state index in [-0.39, 0.29) is 12.5 Å². The molecule has 2 aromatic rings. The van der Waals surface area contributed by atoms with E-state index in [1.54, 1.807) is 6.21 Å². The van der Waals surface area contributed by atoms with Crippen LogP contribution in [0.1, 0.15) is 13.8 Å². The molecule has 0 aliphatic heterocycles. The Kier molecular flexibility index (Phi) is 4.71. The number of amides is 1. The quantitative estimate of drug-likeness (QED) is 0.670. The second-order valence-corrected chi connectivity index (χ2v) is 4.82. The summed E-state index contributed by atoms with van der Waals surface area (Å²) in [6, 6.07) is 13.7. The SMILES string of the molecule is CC(C)C=NNC(=O)COc1cccc2ccccc12. The van der Waals surface area contributed by atoms with Crippen molar-refractivity contribution in [3.05, 3.63) is 42.5 Å². The number of nitrogens with zero attached hydrogens (tertiary/aromatic N) is 1. The molecular weight excluding hydrogens is 252 g/mol. The molecule has 0 fully saturated rings. The molecule has 0 saturated heterocycles. The van der Waals surface area contributed by atoms with Crippen LogP contribution in [-0.4, -0.2) is 18.7 Å². The first-order chi connectivity index (χ1) is 9.66. The molecule has 0 radical (unpaired) electrons. The summed E-state index contributed by atoms with van der Waals surface area (Å²) in [7, 11) is 0. The van der Waals surface area contributed by atoms with Gasteiger partial charge in [-0.25, -0.2) is 5.43 Å². The zero-order valence-corrected chi connectivity index (χ0v) is 11.7. The Bertz CT molecular complexity index is 615. The molecule has 0 spiro atoms. The van der Waals surface area contributed by atoms with E-state index in [2.05, 4.69) is 10.5 Å². The molecule has 2 aromatic carbocycles. The summed E-state index contributed by atoms with van der Waals surface area (Å²) in [5.41, 5.74) is 2.44. The van der Waals surface area contributed by atoms with Gasteiger partial charge in [-0.05, 0) is 17.4 Å². The molecule has 1 N–H and O–H groups in total. The highest BCUT2D eigenvalue weighted by Crippen LogP contribution is 2.24. The topological polar surface area (TPSA) is 50.7 Å². The zero-order chi connectivity index (χ0) is 14.4. The third-order valence-corrected chi connectivity index (χ3v) is 2.67. The van der Waals surface area contributed by atoms with E-state index in [9.17, 15) is 4.79 Å². The average molecular weight is 270 g/mol. The molecule has 1 amide bonds. The molecule has 0 unspecified atom stereocenters. The standard InChI is InChI=1S/C16H18N2O2/c1-12(2)10-17-18-16(19)11-20-15-9-5-7-13-6-3-4-8-14(13)15/h3-10,12H,11H2,1-2H3,(H,18,19). The summed E-state index contributed by atoms with van der Waals surface area (Å²) in [5.74, 6) is 0.732. The predicted octanol–water partition coefficient (Wildman–Crippen LogP) is 2.98. The Morgan fingerprint density at radius 3 is 2.80 bits per heavy atom. The smallest absolute Gasteiger partial charge is 0.277 e. The Morgan fingerprint density at radius 2 is 2.00 bits per heavy atom. The van der Waals surface area contributed by atoms with Gasteiger partial charge in [0.25, 0.3) is 5.91 Å². The fraction of sp³-hybridized carbons (Fsp3) is 0.250. The van der Waals surface area contributed by atoms with Crippen molar-refractivity contribution in [3.63, 3.8) is 0 Å². The zero-order valence-electron chi connectivity index (χ0n) is 11.7. The number of carbonyl (C=O) groups excluding carboxylic acids is 1. The van der Waals surface area contributed by atoms with Gasteiger partial charge in [-0.3, -0.25) is 4.79 Å². The van der Waals surface area contributed by atoms with Crippen LogP contribution in [-0.2, 0) is 4.79 Å². The summed E-state index contributed by atoms with van der Waals surface area (Å²) in [5, 5.41) is 5.92. The summed E-state index contributed by atoms with van der Waals surface area (Å²) in [4.78, 5) is 11.6. The Balaban J connectivity index is 1.97. The van der Waals surface area contributed by atoms with Crippen LogP contribution in [0, 0.1) is 5.92 Å². The molecule has 4 heteroatoms. The van der Waals surface area contributed by atoms with Crippen LogP contribution in [0.2, 0.25) is 0 Å². The largest absolute Gasteiger partial charge is 0.483 e. The molecule has 0 aliphatic carbocycles. The molecule has 20 heavy (non-hydrogen) atoms. The van der Waals surface area contributed by atoms with E-state index in [1.165, 1.54) is 0 Å². The van der Waals surface area contributed by atoms with Crippen LogP contribution in [0.25, 0.3) is 10.8 Å². The van der Waals surface area contributed by atoms with Gasteiger partial charge in [0.05, 0.1) is 0 Å². The summed E-state index contributed by atoms with van der Waals surface area (Å²) in [6.45, 7) is 3.92. The number of fused-ring (bicyclic) bond motifs is 1. The lowest BCUT2D eigenvalue weighted by Crippen LogP contribution is -2.24. The minimum absolute atomic E-state index is 0.0521. The maximum absolute atomic E-state index is 11.6. The lowest BCUT2D eigenvalue weighted by molar-refractivity contribution is -0.123. The highest BCUT2D eigenvalue weighted by Gasteiger charge is 2.04. The van der Waals surface area contributed by atoms with Gasteiger partial charge in [0.15, 0.2) is 6.61 Å². The number of hydrogen-bond acceptors (Lipinski definition) is 3. The van der Waals surface area contributed by atoms with Gasteiger partial charge in [-0.1, -0.05) is 50.2 Å². The Hall–Kier alpha value is -2.36. The Morgan fingerprint density at radius 1 is 1.25 bits per heavy atom. The molecule has 0 aliphatic rings. The van der Waals surface area contributed by atoms with Gasteiger partial charge in [0.2, 0.25) is 0 Å². The van der Waals surface area contributed by atoms with E-state index < -0.39 is 0 Å². The molecule has 4 nitrogen and oxygen atoms in total. The van der Waals surface area contributed by atoms with E-state index in [0.29, 0.717) is 11.7 Å². The van der Waals surface area contributed by atoms with Crippen LogP contribution < -0.4 is 10.2 Å². The van der Waals surface area contributed by atoms with Crippen LogP contribution >= 0.6 is 0 Å². The molecule has 0 heterocycles. The summed E-state index contributed by atoms with van der Waals surface area (Å²) >= 11 is 0. The van der Waals surface area contributed by atoms with Gasteiger partial charge in [0, 0.05) is 11.6 Å². The van der Waals surface area contributed by atoms with Crippen LogP contribution in [0.3, 0.4) is 0 Å². The first-order valence-electron chi connectivity index (χ1n) is 6.59. The fourth-order valence-electron chi connectivity index (χ4n) is 1.76. The first-order valence-corrected chi connectivity index (χ1v) is 6.59. The molecule has 104 valence electrons. The van der Waals surface area contributed by atoms with Crippen LogP contribution in [0.5, 0.6) is 5.75 Å². The molecule has 2 rings (SSSR count). The van der Waals surface area contributed by atoms with E-state index in [0.717, 1.165) is 10.8 Å². The maximum Gasteiger partial charge on any atom is 0.277 e. The van der Waals surface area contributed by atoms with Gasteiger partial charge in [-0.2, -0.15) is 5.10 Å². The maximum atomic E-state index is 11.6. The van der Waals surface area contributed by atoms with Crippen molar-refractivity contribution < 1.29 is 9.53 Å². The van der Waals surface area contributed by atoms with E-state index in [4.69, 9.17) is 4.74 Å². The monoisotopic (exact) mass is 270 g/mol. The van der Waals surface area contributed by atoms with Crippen molar-refractivity contribution in [1.29, 1.82) is 0 Å². The normalized spacial score (nSPS) is 11.2. The number of nitrogens with one attached hydrogen (secondary N) is 1. The molecule has 0 aromatic heterocycles. The molecule has 0 bridgehead atoms. The van der Waals surface area contributed by atoms with Crippen LogP contribution in [0.4, 0.5) is 0 Å². The Labute approximate surface area is 118 Å². The number of hydrazone groups is 1. The van der Waals surface area contributed by atoms with Crippen molar-refractivity contribution in [3.8, 4) is 5.75 Å². The molecular formula is C16H18N2O2. The van der Waals surface area contributed by atoms with Gasteiger partial charge in [0.1, 0.15) is 5.75 Å². The van der Waals surface area contributed by atoms with Crippen molar-refractivity contribution in [1.82, 2.24) is 5.43 Å². The lowest BCUT2D eigenvalue weighted by Gasteiger charge is -2.08. The van der Waals surface area contributed by atoms with E-state index in [1.807, 2.05) is 56.3 Å². The van der Waals surface area contributed by atoms with Crippen molar-refractivity contribution in [2.75, 3.05) is 6.61 Å². The van der Waals surface area contributed by atoms with Gasteiger partial charge >= 0.3 is 0 Å². The molecule has 0 atom stereocenters. The summed E-state index contributed by atoms with van der Waals surface area (Å²) in [6.07, 6.45) is 1.68. The van der Waals surface area contributed by atoms with Crippen molar-refractivity contribution in [2.24, 2.45) is 11.0 Å². The first kappa shape index (κ1) is 14.1. The number of hydrogen-bond donors (Lipinski definition) is 1. The number of rotatable bonds is 5. The van der Waals surface area contributed by atoms with Crippen LogP contribution in [0.15, 0.2) is 47.6 Å². The summed E-state index contributed by atoms with van der Waals surface area (Å²) < 4.78 is 5.55.